The van der Waals surface area contributed by atoms with Crippen LogP contribution in [0.4, 0.5) is 0 Å². The number of carbonyl (C=O) groups is 1. The molecular weight excluding hydrogens is 292 g/mol. The number of nitrogens with one attached hydrogen (secondary N) is 1. The largest absolute Gasteiger partial charge is 0.355 e. The Kier molecular flexibility index (Phi) is 3.90. The lowest BCUT2D eigenvalue weighted by atomic mass is 10.2. The molecule has 3 aromatic rings. The zero-order valence-electron chi connectivity index (χ0n) is 13.5. The third kappa shape index (κ3) is 2.30. The van der Waals surface area contributed by atoms with Gasteiger partial charge in [-0.05, 0) is 19.4 Å². The monoisotopic (exact) mass is 312 g/mol. The molecule has 2 aromatic heterocycles. The molecule has 2 heterocycles. The quantitative estimate of drug-likeness (QED) is 0.801. The van der Waals surface area contributed by atoms with E-state index in [-0.39, 0.29) is 11.5 Å². The van der Waals surface area contributed by atoms with Crippen LogP contribution in [0.15, 0.2) is 35.3 Å². The Hall–Kier alpha value is -2.63. The summed E-state index contributed by atoms with van der Waals surface area (Å²) in [5.74, 6) is -0.0727. The number of aryl methyl sites for hydroxylation is 1. The maximum absolute atomic E-state index is 12.7. The van der Waals surface area contributed by atoms with Crippen molar-refractivity contribution in [2.24, 2.45) is 7.05 Å². The molecule has 0 saturated heterocycles. The summed E-state index contributed by atoms with van der Waals surface area (Å²) < 4.78 is 3.17. The molecule has 0 bridgehead atoms. The minimum Gasteiger partial charge on any atom is -0.355 e. The number of likely N-dealkylation sites (N-methyl/N-ethyl adjacent to an activating group) is 1. The number of benzene rings is 1. The molecule has 0 radical (unpaired) electrons. The Bertz CT molecular complexity index is 939. The number of hydrogen-bond acceptors (Lipinski definition) is 3. The summed E-state index contributed by atoms with van der Waals surface area (Å²) in [5.41, 5.74) is 1.22. The van der Waals surface area contributed by atoms with E-state index < -0.39 is 6.04 Å². The van der Waals surface area contributed by atoms with Gasteiger partial charge in [0.2, 0.25) is 5.91 Å². The molecular formula is C17H20N4O2. The van der Waals surface area contributed by atoms with Crippen LogP contribution in [0.1, 0.15) is 26.3 Å². The summed E-state index contributed by atoms with van der Waals surface area (Å²) >= 11 is 0. The molecule has 0 aliphatic rings. The van der Waals surface area contributed by atoms with Crippen molar-refractivity contribution in [2.45, 2.75) is 26.3 Å². The second kappa shape index (κ2) is 5.87. The predicted octanol–water partition coefficient (Wildman–Crippen LogP) is 1.98. The average Bonchev–Trinajstić information content (AvgIpc) is 2.88. The SMILES string of the molecule is CCNC(=O)[C@@H](CC)n1c2ccccc2c2cnn(C)c(=O)c21. The first-order chi connectivity index (χ1) is 11.1. The highest BCUT2D eigenvalue weighted by molar-refractivity contribution is 6.08. The van der Waals surface area contributed by atoms with Crippen LogP contribution in [0, 0.1) is 0 Å². The standard InChI is InChI=1S/C17H20N4O2/c1-4-13(16(22)18-5-2)21-14-9-7-6-8-11(14)12-10-19-20(3)17(23)15(12)21/h6-10,13H,4-5H2,1-3H3,(H,18,22)/t13-/m1/s1. The van der Waals surface area contributed by atoms with E-state index in [2.05, 4.69) is 10.4 Å². The molecule has 1 N–H and O–H groups in total. The Morgan fingerprint density at radius 1 is 1.26 bits per heavy atom. The lowest BCUT2D eigenvalue weighted by Crippen LogP contribution is -2.33. The third-order valence-corrected chi connectivity index (χ3v) is 4.16. The van der Waals surface area contributed by atoms with Crippen LogP contribution >= 0.6 is 0 Å². The van der Waals surface area contributed by atoms with Crippen molar-refractivity contribution >= 4 is 27.7 Å². The maximum Gasteiger partial charge on any atom is 0.291 e. The zero-order valence-corrected chi connectivity index (χ0v) is 13.5. The molecule has 0 aliphatic carbocycles. The van der Waals surface area contributed by atoms with Crippen molar-refractivity contribution in [2.75, 3.05) is 6.54 Å². The Morgan fingerprint density at radius 3 is 2.70 bits per heavy atom. The van der Waals surface area contributed by atoms with Crippen molar-refractivity contribution < 1.29 is 4.79 Å². The lowest BCUT2D eigenvalue weighted by molar-refractivity contribution is -0.124. The molecule has 1 amide bonds. The van der Waals surface area contributed by atoms with Crippen LogP contribution in [0.5, 0.6) is 0 Å². The number of para-hydroxylation sites is 1. The van der Waals surface area contributed by atoms with E-state index in [1.54, 1.807) is 13.2 Å². The number of hydrogen-bond donors (Lipinski definition) is 1. The molecule has 0 fully saturated rings. The molecule has 1 aromatic carbocycles. The normalized spacial score (nSPS) is 12.7. The fraction of sp³-hybridized carbons (Fsp3) is 0.353. The van der Waals surface area contributed by atoms with E-state index in [1.807, 2.05) is 42.7 Å². The average molecular weight is 312 g/mol. The van der Waals surface area contributed by atoms with Gasteiger partial charge in [0.05, 0.1) is 11.7 Å². The third-order valence-electron chi connectivity index (χ3n) is 4.16. The first-order valence-electron chi connectivity index (χ1n) is 7.82. The maximum atomic E-state index is 12.7. The summed E-state index contributed by atoms with van der Waals surface area (Å²) in [6.45, 7) is 4.40. The van der Waals surface area contributed by atoms with Crippen LogP contribution in [-0.2, 0) is 11.8 Å². The minimum atomic E-state index is -0.424. The Labute approximate surface area is 133 Å². The van der Waals surface area contributed by atoms with Crippen LogP contribution in [0.3, 0.4) is 0 Å². The zero-order chi connectivity index (χ0) is 16.6. The number of rotatable bonds is 4. The number of fused-ring (bicyclic) bond motifs is 3. The first kappa shape index (κ1) is 15.3. The van der Waals surface area contributed by atoms with Crippen molar-refractivity contribution in [3.63, 3.8) is 0 Å². The number of aromatic nitrogens is 3. The fourth-order valence-corrected chi connectivity index (χ4v) is 3.09. The Balaban J connectivity index is 2.43. The second-order valence-electron chi connectivity index (χ2n) is 5.54. The summed E-state index contributed by atoms with van der Waals surface area (Å²) in [6, 6.07) is 7.32. The predicted molar refractivity (Wildman–Crippen MR) is 90.5 cm³/mol. The van der Waals surface area contributed by atoms with Gasteiger partial charge >= 0.3 is 0 Å². The van der Waals surface area contributed by atoms with Gasteiger partial charge in [-0.1, -0.05) is 25.1 Å². The summed E-state index contributed by atoms with van der Waals surface area (Å²) in [7, 11) is 1.62. The highest BCUT2D eigenvalue weighted by Crippen LogP contribution is 2.30. The van der Waals surface area contributed by atoms with Crippen molar-refractivity contribution in [3.05, 3.63) is 40.8 Å². The molecule has 23 heavy (non-hydrogen) atoms. The topological polar surface area (TPSA) is 68.9 Å². The van der Waals surface area contributed by atoms with Gasteiger partial charge in [0.25, 0.3) is 5.56 Å². The highest BCUT2D eigenvalue weighted by Gasteiger charge is 2.24. The smallest absolute Gasteiger partial charge is 0.291 e. The van der Waals surface area contributed by atoms with E-state index in [4.69, 9.17) is 0 Å². The number of nitrogens with zero attached hydrogens (tertiary/aromatic N) is 3. The summed E-state index contributed by atoms with van der Waals surface area (Å²) in [6.07, 6.45) is 2.30. The van der Waals surface area contributed by atoms with Gasteiger partial charge in [-0.2, -0.15) is 5.10 Å². The van der Waals surface area contributed by atoms with Crippen LogP contribution < -0.4 is 10.9 Å². The van der Waals surface area contributed by atoms with Gasteiger partial charge in [-0.25, -0.2) is 4.68 Å². The van der Waals surface area contributed by atoms with E-state index in [0.29, 0.717) is 18.5 Å². The second-order valence-corrected chi connectivity index (χ2v) is 5.54. The van der Waals surface area contributed by atoms with Gasteiger partial charge in [-0.3, -0.25) is 9.59 Å². The van der Waals surface area contributed by atoms with E-state index in [9.17, 15) is 9.59 Å². The van der Waals surface area contributed by atoms with Gasteiger partial charge in [0.15, 0.2) is 0 Å². The van der Waals surface area contributed by atoms with Gasteiger partial charge in [0, 0.05) is 24.4 Å². The minimum absolute atomic E-state index is 0.0727. The van der Waals surface area contributed by atoms with Gasteiger partial charge < -0.3 is 9.88 Å². The number of amides is 1. The van der Waals surface area contributed by atoms with Crippen molar-refractivity contribution in [1.29, 1.82) is 0 Å². The molecule has 0 saturated carbocycles. The summed E-state index contributed by atoms with van der Waals surface area (Å²) in [5, 5.41) is 8.71. The number of carbonyl (C=O) groups excluding carboxylic acids is 1. The fourth-order valence-electron chi connectivity index (χ4n) is 3.09. The van der Waals surface area contributed by atoms with E-state index in [0.717, 1.165) is 16.3 Å². The molecule has 0 unspecified atom stereocenters. The molecule has 120 valence electrons. The summed E-state index contributed by atoms with van der Waals surface area (Å²) in [4.78, 5) is 25.2. The molecule has 6 nitrogen and oxygen atoms in total. The van der Waals surface area contributed by atoms with Crippen molar-refractivity contribution in [3.8, 4) is 0 Å². The lowest BCUT2D eigenvalue weighted by Gasteiger charge is -2.18. The first-order valence-corrected chi connectivity index (χ1v) is 7.82. The van der Waals surface area contributed by atoms with Crippen LogP contribution in [0.2, 0.25) is 0 Å². The molecule has 1 atom stereocenters. The molecule has 6 heteroatoms. The van der Waals surface area contributed by atoms with Gasteiger partial charge in [0.1, 0.15) is 11.6 Å². The molecule has 0 spiro atoms. The van der Waals surface area contributed by atoms with E-state index >= 15 is 0 Å². The van der Waals surface area contributed by atoms with Crippen LogP contribution in [0.25, 0.3) is 21.8 Å². The van der Waals surface area contributed by atoms with Crippen molar-refractivity contribution in [1.82, 2.24) is 19.7 Å². The van der Waals surface area contributed by atoms with E-state index in [1.165, 1.54) is 4.68 Å². The van der Waals surface area contributed by atoms with Crippen LogP contribution in [-0.4, -0.2) is 26.8 Å². The molecule has 3 rings (SSSR count). The van der Waals surface area contributed by atoms with Gasteiger partial charge in [-0.15, -0.1) is 0 Å². The Morgan fingerprint density at radius 2 is 2.00 bits per heavy atom. The highest BCUT2D eigenvalue weighted by atomic mass is 16.2. The molecule has 0 aliphatic heterocycles.